The quantitative estimate of drug-likeness (QED) is 0.639. The first-order valence-electron chi connectivity index (χ1n) is 3.02. The number of nitrogens with zero attached hydrogens (tertiary/aromatic N) is 1. The molecule has 0 radical (unpaired) electrons. The van der Waals surface area contributed by atoms with E-state index in [0.29, 0.717) is 0 Å². The number of phenols is 1. The van der Waals surface area contributed by atoms with E-state index in [1.807, 2.05) is 0 Å². The van der Waals surface area contributed by atoms with Gasteiger partial charge < -0.3 is 5.11 Å². The van der Waals surface area contributed by atoms with Gasteiger partial charge >= 0.3 is 47.1 Å². The Morgan fingerprint density at radius 3 is 2.00 bits per heavy atom. The number of halogens is 3. The Hall–Kier alpha value is -0.204. The van der Waals surface area contributed by atoms with Crippen molar-refractivity contribution >= 4 is 36.1 Å². The number of hydrogen-bond acceptors (Lipinski definition) is 3. The van der Waals surface area contributed by atoms with Gasteiger partial charge in [-0.25, -0.2) is 0 Å². The van der Waals surface area contributed by atoms with Gasteiger partial charge in [-0.1, -0.05) is 12.1 Å². The normalized spacial score (nSPS) is 9.79. The monoisotopic (exact) mass is 303 g/mol. The van der Waals surface area contributed by atoms with Crippen LogP contribution in [-0.4, -0.2) is 10.0 Å². The Morgan fingerprint density at radius 2 is 1.71 bits per heavy atom. The summed E-state index contributed by atoms with van der Waals surface area (Å²) < 4.78 is 0. The van der Waals surface area contributed by atoms with Gasteiger partial charge in [-0.05, 0) is 6.07 Å². The van der Waals surface area contributed by atoms with Gasteiger partial charge in [-0.15, -0.1) is 0 Å². The summed E-state index contributed by atoms with van der Waals surface area (Å²) in [6, 6.07) is 5.55. The van der Waals surface area contributed by atoms with Crippen molar-refractivity contribution in [1.29, 1.82) is 0 Å². The molecular weight excluding hydrogens is 299 g/mol. The van der Waals surface area contributed by atoms with E-state index >= 15 is 0 Å². The average Bonchev–Trinajstić information content (AvgIpc) is 2.03. The van der Waals surface area contributed by atoms with E-state index in [4.69, 9.17) is 35.5 Å². The molecule has 0 saturated heterocycles. The van der Waals surface area contributed by atoms with Gasteiger partial charge in [0.15, 0.2) is 5.75 Å². The van der Waals surface area contributed by atoms with Crippen LogP contribution in [0.5, 0.6) is 5.75 Å². The first-order valence-corrected chi connectivity index (χ1v) is 7.31. The summed E-state index contributed by atoms with van der Waals surface area (Å²) in [4.78, 5) is 9.44. The second-order valence-electron chi connectivity index (χ2n) is 1.89. The van der Waals surface area contributed by atoms with Crippen LogP contribution in [0.4, 0.5) is 5.69 Å². The minimum absolute atomic E-state index is 0.262. The molecule has 0 aromatic heterocycles. The second kappa shape index (κ2) is 7.14. The van der Waals surface area contributed by atoms with Gasteiger partial charge in [0.2, 0.25) is 0 Å². The molecule has 1 rings (SSSR count). The van der Waals surface area contributed by atoms with Crippen LogP contribution in [0.25, 0.3) is 0 Å². The fraction of sp³-hybridized carbons (Fsp3) is 0. The summed E-state index contributed by atoms with van der Waals surface area (Å²) in [7, 11) is 13.4. The Kier molecular flexibility index (Phi) is 7.03. The van der Waals surface area contributed by atoms with E-state index in [1.54, 1.807) is 0 Å². The number of phenolic OH excluding ortho intramolecular Hbond substituents is 1. The van der Waals surface area contributed by atoms with E-state index in [0.717, 1.165) is 0 Å². The molecular formula is C6H5Cl3CoNO3. The predicted molar refractivity (Wildman–Crippen MR) is 52.3 cm³/mol. The maximum atomic E-state index is 10.1. The molecule has 0 heterocycles. The molecule has 1 aromatic rings. The van der Waals surface area contributed by atoms with E-state index < -0.39 is 15.9 Å². The van der Waals surface area contributed by atoms with Crippen molar-refractivity contribution in [2.45, 2.75) is 0 Å². The Balaban J connectivity index is 0.000000364. The molecule has 1 aromatic carbocycles. The van der Waals surface area contributed by atoms with Crippen LogP contribution >= 0.6 is 30.4 Å². The topological polar surface area (TPSA) is 63.4 Å². The number of hydrogen-bond donors (Lipinski definition) is 1. The van der Waals surface area contributed by atoms with Gasteiger partial charge in [-0.2, -0.15) is 0 Å². The van der Waals surface area contributed by atoms with Crippen molar-refractivity contribution in [3.63, 3.8) is 0 Å². The number of aromatic hydroxyl groups is 1. The molecule has 8 heteroatoms. The first-order chi connectivity index (χ1) is 6.45. The van der Waals surface area contributed by atoms with E-state index in [-0.39, 0.29) is 11.4 Å². The fourth-order valence-electron chi connectivity index (χ4n) is 0.619. The molecule has 0 fully saturated rings. The van der Waals surface area contributed by atoms with Crippen LogP contribution in [0.1, 0.15) is 0 Å². The third-order valence-electron chi connectivity index (χ3n) is 1.08. The molecule has 0 spiro atoms. The summed E-state index contributed by atoms with van der Waals surface area (Å²) in [5, 5.41) is 18.9. The molecule has 0 atom stereocenters. The Bertz CT molecular complexity index is 307. The molecule has 0 bridgehead atoms. The van der Waals surface area contributed by atoms with Gasteiger partial charge in [0.1, 0.15) is 0 Å². The third kappa shape index (κ3) is 6.28. The summed E-state index contributed by atoms with van der Waals surface area (Å²) in [5.41, 5.74) is -0.262. The molecule has 82 valence electrons. The zero-order valence-electron chi connectivity index (χ0n) is 6.49. The van der Waals surface area contributed by atoms with Crippen LogP contribution in [-0.2, 0) is 10.9 Å². The minimum atomic E-state index is -1.19. The van der Waals surface area contributed by atoms with Crippen molar-refractivity contribution in [2.75, 3.05) is 0 Å². The number of nitro benzene ring substituents is 1. The standard InChI is InChI=1S/C6H5NO3.3ClH.Co/c8-6-4-2-1-3-5(6)7(9)10;;;;/h1-4,8H;3*1H;/q;;;;+3/p-3. The van der Waals surface area contributed by atoms with Gasteiger partial charge in [0, 0.05) is 6.07 Å². The van der Waals surface area contributed by atoms with Gasteiger partial charge in [0.25, 0.3) is 0 Å². The molecule has 0 aliphatic rings. The van der Waals surface area contributed by atoms with Crippen LogP contribution < -0.4 is 0 Å². The molecule has 0 unspecified atom stereocenters. The molecule has 0 aliphatic carbocycles. The molecule has 4 nitrogen and oxygen atoms in total. The molecule has 1 N–H and O–H groups in total. The van der Waals surface area contributed by atoms with E-state index in [1.165, 1.54) is 24.3 Å². The summed E-state index contributed by atoms with van der Waals surface area (Å²) >= 11 is 0. The Morgan fingerprint density at radius 1 is 1.29 bits per heavy atom. The predicted octanol–water partition coefficient (Wildman–Crippen LogP) is 3.37. The first kappa shape index (κ1) is 13.8. The summed E-state index contributed by atoms with van der Waals surface area (Å²) in [6.07, 6.45) is 0. The number of rotatable bonds is 1. The third-order valence-corrected chi connectivity index (χ3v) is 1.08. The molecule has 0 amide bonds. The number of para-hydroxylation sites is 2. The van der Waals surface area contributed by atoms with E-state index in [9.17, 15) is 10.1 Å². The van der Waals surface area contributed by atoms with E-state index in [2.05, 4.69) is 0 Å². The van der Waals surface area contributed by atoms with Crippen LogP contribution in [0.15, 0.2) is 24.3 Å². The second-order valence-corrected chi connectivity index (χ2v) is 7.05. The van der Waals surface area contributed by atoms with Crippen molar-refractivity contribution < 1.29 is 21.0 Å². The van der Waals surface area contributed by atoms with Crippen molar-refractivity contribution in [3.05, 3.63) is 34.4 Å². The van der Waals surface area contributed by atoms with Crippen molar-refractivity contribution in [1.82, 2.24) is 0 Å². The Labute approximate surface area is 97.0 Å². The van der Waals surface area contributed by atoms with Gasteiger partial charge in [0.05, 0.1) is 4.92 Å². The SMILES string of the molecule is O=[N+]([O-])c1ccccc1O.[Cl][Co]([Cl])[Cl]. The van der Waals surface area contributed by atoms with Crippen molar-refractivity contribution in [2.24, 2.45) is 0 Å². The van der Waals surface area contributed by atoms with Crippen molar-refractivity contribution in [3.8, 4) is 5.75 Å². The molecule has 0 saturated carbocycles. The average molecular weight is 304 g/mol. The van der Waals surface area contributed by atoms with Crippen LogP contribution in [0.2, 0.25) is 0 Å². The van der Waals surface area contributed by atoms with Crippen LogP contribution in [0, 0.1) is 10.1 Å². The molecule has 0 aliphatic heterocycles. The maximum absolute atomic E-state index is 10.1. The van der Waals surface area contributed by atoms with Gasteiger partial charge in [-0.3, -0.25) is 10.1 Å². The zero-order valence-corrected chi connectivity index (χ0v) is 9.80. The number of nitro groups is 1. The zero-order chi connectivity index (χ0) is 11.1. The number of benzene rings is 1. The summed E-state index contributed by atoms with van der Waals surface area (Å²) in [6.45, 7) is 0. The fourth-order valence-corrected chi connectivity index (χ4v) is 0.619. The summed E-state index contributed by atoms with van der Waals surface area (Å²) in [5.74, 6) is -0.299. The molecule has 14 heavy (non-hydrogen) atoms. The van der Waals surface area contributed by atoms with Crippen LogP contribution in [0.3, 0.4) is 0 Å².